The molecular weight excluding hydrogens is 418 g/mol. The van der Waals surface area contributed by atoms with Gasteiger partial charge in [-0.2, -0.15) is 0 Å². The zero-order valence-corrected chi connectivity index (χ0v) is 19.1. The maximum Gasteiger partial charge on any atom is 0.331 e. The van der Waals surface area contributed by atoms with Gasteiger partial charge in [0.1, 0.15) is 19.8 Å². The number of nitrogens with zero attached hydrogens (tertiary/aromatic N) is 1. The number of hydrogen-bond acceptors (Lipinski definition) is 7. The summed E-state index contributed by atoms with van der Waals surface area (Å²) in [6.07, 6.45) is 0. The predicted octanol–water partition coefficient (Wildman–Crippen LogP) is 0.0892. The minimum Gasteiger partial charge on any atom is -0.462 e. The van der Waals surface area contributed by atoms with E-state index in [1.54, 1.807) is 24.3 Å². The molecule has 0 bridgehead atoms. The molecule has 0 spiro atoms. The molecule has 10 nitrogen and oxygen atoms in total. The number of esters is 1. The number of benzene rings is 1. The van der Waals surface area contributed by atoms with Crippen LogP contribution in [0.15, 0.2) is 24.3 Å². The Bertz CT molecular complexity index is 790. The summed E-state index contributed by atoms with van der Waals surface area (Å²) in [4.78, 5) is 49.3. The van der Waals surface area contributed by atoms with Crippen LogP contribution >= 0.6 is 0 Å². The highest BCUT2D eigenvalue weighted by atomic mass is 16.5. The van der Waals surface area contributed by atoms with Crippen LogP contribution in [0.1, 0.15) is 36.7 Å². The number of aliphatic hydroxyl groups excluding tert-OH is 1. The van der Waals surface area contributed by atoms with Crippen molar-refractivity contribution in [2.24, 2.45) is 5.41 Å². The molecule has 0 unspecified atom stereocenters. The lowest BCUT2D eigenvalue weighted by Gasteiger charge is -2.23. The third kappa shape index (κ3) is 9.88. The second-order valence-electron chi connectivity index (χ2n) is 8.09. The van der Waals surface area contributed by atoms with E-state index < -0.39 is 18.0 Å². The fraction of sp³-hybridized carbons (Fsp3) is 0.545. The van der Waals surface area contributed by atoms with Crippen molar-refractivity contribution in [3.8, 4) is 0 Å². The largest absolute Gasteiger partial charge is 0.462 e. The first-order chi connectivity index (χ1) is 15.1. The summed E-state index contributed by atoms with van der Waals surface area (Å²) in [6, 6.07) is 6.85. The second kappa shape index (κ2) is 13.4. The number of carbonyl (C=O) groups excluding carboxylic acids is 4. The van der Waals surface area contributed by atoms with Gasteiger partial charge < -0.3 is 30.1 Å². The summed E-state index contributed by atoms with van der Waals surface area (Å²) in [7, 11) is 1.40. The van der Waals surface area contributed by atoms with Gasteiger partial charge in [-0.15, -0.1) is 0 Å². The first-order valence-corrected chi connectivity index (χ1v) is 10.3. The second-order valence-corrected chi connectivity index (χ2v) is 8.09. The maximum absolute atomic E-state index is 13.1. The smallest absolute Gasteiger partial charge is 0.331 e. The zero-order valence-electron chi connectivity index (χ0n) is 19.1. The Kier molecular flexibility index (Phi) is 11.4. The van der Waals surface area contributed by atoms with Gasteiger partial charge >= 0.3 is 5.97 Å². The summed E-state index contributed by atoms with van der Waals surface area (Å²) in [5.41, 5.74) is 0.626. The van der Waals surface area contributed by atoms with E-state index in [4.69, 9.17) is 14.6 Å². The Balaban J connectivity index is 2.83. The van der Waals surface area contributed by atoms with E-state index in [1.807, 2.05) is 20.8 Å². The topological polar surface area (TPSA) is 134 Å². The molecule has 1 rings (SSSR count). The number of carbonyl (C=O) groups is 4. The molecule has 3 N–H and O–H groups in total. The molecule has 178 valence electrons. The molecule has 0 aliphatic carbocycles. The van der Waals surface area contributed by atoms with Gasteiger partial charge in [-0.05, 0) is 17.7 Å². The van der Waals surface area contributed by atoms with E-state index in [2.05, 4.69) is 10.6 Å². The average molecular weight is 452 g/mol. The Morgan fingerprint density at radius 2 is 1.81 bits per heavy atom. The molecule has 0 atom stereocenters. The standard InChI is InChI=1S/C22H33N3O7/c1-22(2,3)21(30)24-13-16-6-5-7-17(12-16)20(29)25(10-11-32-19(28)14-26)9-8-23-18(27)15-31-4/h5-7,12,26H,8-11,13-15H2,1-4H3,(H,23,27)(H,24,30). The number of ether oxygens (including phenoxy) is 2. The molecule has 0 radical (unpaired) electrons. The molecule has 1 aromatic rings. The molecule has 0 aliphatic rings. The zero-order chi connectivity index (χ0) is 24.1. The van der Waals surface area contributed by atoms with Crippen molar-refractivity contribution in [3.63, 3.8) is 0 Å². The lowest BCUT2D eigenvalue weighted by atomic mass is 9.95. The van der Waals surface area contributed by atoms with Gasteiger partial charge in [-0.1, -0.05) is 32.9 Å². The highest BCUT2D eigenvalue weighted by molar-refractivity contribution is 5.94. The van der Waals surface area contributed by atoms with Gasteiger partial charge in [0.2, 0.25) is 11.8 Å². The highest BCUT2D eigenvalue weighted by Gasteiger charge is 2.21. The molecule has 0 saturated heterocycles. The van der Waals surface area contributed by atoms with Gasteiger partial charge in [0.15, 0.2) is 0 Å². The fourth-order valence-electron chi connectivity index (χ4n) is 2.59. The van der Waals surface area contributed by atoms with E-state index in [1.165, 1.54) is 12.0 Å². The van der Waals surface area contributed by atoms with Crippen molar-refractivity contribution in [3.05, 3.63) is 35.4 Å². The lowest BCUT2D eigenvalue weighted by molar-refractivity contribution is -0.147. The summed E-state index contributed by atoms with van der Waals surface area (Å²) >= 11 is 0. The quantitative estimate of drug-likeness (QED) is 0.383. The predicted molar refractivity (Wildman–Crippen MR) is 117 cm³/mol. The summed E-state index contributed by atoms with van der Waals surface area (Å²) in [5, 5.41) is 14.2. The third-order valence-electron chi connectivity index (χ3n) is 4.33. The molecule has 0 aliphatic heterocycles. The lowest BCUT2D eigenvalue weighted by Crippen LogP contribution is -2.41. The molecule has 1 aromatic carbocycles. The number of rotatable bonds is 12. The Labute approximate surface area is 188 Å². The summed E-state index contributed by atoms with van der Waals surface area (Å²) < 4.78 is 9.61. The monoisotopic (exact) mass is 451 g/mol. The van der Waals surface area contributed by atoms with Gasteiger partial charge in [0.25, 0.3) is 5.91 Å². The summed E-state index contributed by atoms with van der Waals surface area (Å²) in [6.45, 7) is 5.22. The average Bonchev–Trinajstić information content (AvgIpc) is 2.75. The SMILES string of the molecule is COCC(=O)NCCN(CCOC(=O)CO)C(=O)c1cccc(CNC(=O)C(C)(C)C)c1. The van der Waals surface area contributed by atoms with Crippen molar-refractivity contribution in [1.82, 2.24) is 15.5 Å². The van der Waals surface area contributed by atoms with Crippen molar-refractivity contribution in [2.45, 2.75) is 27.3 Å². The first-order valence-electron chi connectivity index (χ1n) is 10.3. The number of nitrogens with one attached hydrogen (secondary N) is 2. The van der Waals surface area contributed by atoms with E-state index in [9.17, 15) is 19.2 Å². The molecule has 0 aromatic heterocycles. The van der Waals surface area contributed by atoms with Gasteiger partial charge in [0.05, 0.1) is 6.54 Å². The molecule has 0 fully saturated rings. The fourth-order valence-corrected chi connectivity index (χ4v) is 2.59. The minimum atomic E-state index is -0.789. The Morgan fingerprint density at radius 3 is 2.44 bits per heavy atom. The maximum atomic E-state index is 13.1. The van der Waals surface area contributed by atoms with Crippen LogP contribution < -0.4 is 10.6 Å². The van der Waals surface area contributed by atoms with Crippen molar-refractivity contribution in [1.29, 1.82) is 0 Å². The molecule has 0 heterocycles. The van der Waals surface area contributed by atoms with Crippen LogP contribution in [0.25, 0.3) is 0 Å². The molecule has 32 heavy (non-hydrogen) atoms. The van der Waals surface area contributed by atoms with E-state index >= 15 is 0 Å². The van der Waals surface area contributed by atoms with Gasteiger partial charge in [-0.3, -0.25) is 14.4 Å². The molecule has 3 amide bonds. The number of hydrogen-bond donors (Lipinski definition) is 3. The van der Waals surface area contributed by atoms with Gasteiger partial charge in [-0.25, -0.2) is 4.79 Å². The number of amides is 3. The third-order valence-corrected chi connectivity index (χ3v) is 4.33. The van der Waals surface area contributed by atoms with Crippen LogP contribution in [-0.4, -0.2) is 80.3 Å². The van der Waals surface area contributed by atoms with Crippen molar-refractivity contribution >= 4 is 23.7 Å². The first kappa shape index (κ1) is 27.1. The Hall–Kier alpha value is -2.98. The molecular formula is C22H33N3O7. The van der Waals surface area contributed by atoms with Gasteiger partial charge in [0, 0.05) is 37.7 Å². The van der Waals surface area contributed by atoms with Crippen molar-refractivity contribution in [2.75, 3.05) is 46.6 Å². The van der Waals surface area contributed by atoms with E-state index in [0.717, 1.165) is 5.56 Å². The van der Waals surface area contributed by atoms with Crippen LogP contribution in [0.2, 0.25) is 0 Å². The van der Waals surface area contributed by atoms with Crippen molar-refractivity contribution < 1.29 is 33.8 Å². The minimum absolute atomic E-state index is 0.0791. The Morgan fingerprint density at radius 1 is 1.09 bits per heavy atom. The van der Waals surface area contributed by atoms with Crippen LogP contribution in [0.3, 0.4) is 0 Å². The number of methoxy groups -OCH3 is 1. The normalized spacial score (nSPS) is 10.9. The number of aliphatic hydroxyl groups is 1. The van der Waals surface area contributed by atoms with Crippen LogP contribution in [-0.2, 0) is 30.4 Å². The van der Waals surface area contributed by atoms with E-state index in [0.29, 0.717) is 5.56 Å². The highest BCUT2D eigenvalue weighted by Crippen LogP contribution is 2.14. The van der Waals surface area contributed by atoms with Crippen LogP contribution in [0.5, 0.6) is 0 Å². The summed E-state index contributed by atoms with van der Waals surface area (Å²) in [5.74, 6) is -1.53. The van der Waals surface area contributed by atoms with Crippen LogP contribution in [0.4, 0.5) is 0 Å². The molecule has 0 saturated carbocycles. The van der Waals surface area contributed by atoms with Crippen LogP contribution in [0, 0.1) is 5.41 Å². The van der Waals surface area contributed by atoms with E-state index in [-0.39, 0.29) is 57.1 Å². The molecule has 10 heteroatoms.